The van der Waals surface area contributed by atoms with Crippen molar-refractivity contribution in [1.82, 2.24) is 5.32 Å². The van der Waals surface area contributed by atoms with Crippen molar-refractivity contribution in [2.24, 2.45) is 5.92 Å². The van der Waals surface area contributed by atoms with Gasteiger partial charge in [-0.15, -0.1) is 0 Å². The summed E-state index contributed by atoms with van der Waals surface area (Å²) in [6.45, 7) is 7.82. The predicted molar refractivity (Wildman–Crippen MR) is 68.4 cm³/mol. The molecule has 1 aromatic heterocycles. The van der Waals surface area contributed by atoms with Crippen LogP contribution in [0.5, 0.6) is 0 Å². The van der Waals surface area contributed by atoms with E-state index in [1.807, 2.05) is 6.07 Å². The van der Waals surface area contributed by atoms with Crippen LogP contribution >= 0.6 is 0 Å². The summed E-state index contributed by atoms with van der Waals surface area (Å²) in [5.41, 5.74) is 0. The third-order valence-electron chi connectivity index (χ3n) is 2.80. The summed E-state index contributed by atoms with van der Waals surface area (Å²) in [6.07, 6.45) is 6.66. The molecule has 0 amide bonds. The van der Waals surface area contributed by atoms with E-state index in [9.17, 15) is 0 Å². The predicted octanol–water partition coefficient (Wildman–Crippen LogP) is 4.15. The average molecular weight is 223 g/mol. The zero-order valence-corrected chi connectivity index (χ0v) is 10.8. The summed E-state index contributed by atoms with van der Waals surface area (Å²) in [4.78, 5) is 0. The molecule has 92 valence electrons. The molecule has 0 saturated carbocycles. The van der Waals surface area contributed by atoms with Crippen LogP contribution in [0.2, 0.25) is 0 Å². The Kier molecular flexibility index (Phi) is 6.24. The van der Waals surface area contributed by atoms with Crippen molar-refractivity contribution >= 4 is 0 Å². The highest BCUT2D eigenvalue weighted by Gasteiger charge is 2.12. The first kappa shape index (κ1) is 13.3. The highest BCUT2D eigenvalue weighted by atomic mass is 16.3. The quantitative estimate of drug-likeness (QED) is 0.716. The molecule has 0 fully saturated rings. The Morgan fingerprint density at radius 2 is 2.12 bits per heavy atom. The van der Waals surface area contributed by atoms with Gasteiger partial charge in [0.2, 0.25) is 0 Å². The first-order chi connectivity index (χ1) is 7.74. The highest BCUT2D eigenvalue weighted by molar-refractivity contribution is 5.04. The first-order valence-electron chi connectivity index (χ1n) is 6.50. The molecule has 2 nitrogen and oxygen atoms in total. The van der Waals surface area contributed by atoms with Gasteiger partial charge in [0.05, 0.1) is 12.3 Å². The van der Waals surface area contributed by atoms with Crippen molar-refractivity contribution in [2.45, 2.75) is 52.5 Å². The number of nitrogens with one attached hydrogen (secondary N) is 1. The van der Waals surface area contributed by atoms with Crippen LogP contribution in [0.4, 0.5) is 0 Å². The van der Waals surface area contributed by atoms with Gasteiger partial charge in [0.15, 0.2) is 0 Å². The summed E-state index contributed by atoms with van der Waals surface area (Å²) < 4.78 is 5.49. The molecule has 1 aromatic rings. The number of hydrogen-bond acceptors (Lipinski definition) is 2. The third-order valence-corrected chi connectivity index (χ3v) is 2.80. The average Bonchev–Trinajstić information content (AvgIpc) is 2.75. The lowest BCUT2D eigenvalue weighted by atomic mass is 10.0. The van der Waals surface area contributed by atoms with Crippen molar-refractivity contribution in [1.29, 1.82) is 0 Å². The fourth-order valence-electron chi connectivity index (χ4n) is 1.88. The van der Waals surface area contributed by atoms with Crippen LogP contribution in [0.15, 0.2) is 22.8 Å². The van der Waals surface area contributed by atoms with Crippen molar-refractivity contribution in [2.75, 3.05) is 6.54 Å². The van der Waals surface area contributed by atoms with Gasteiger partial charge in [-0.2, -0.15) is 0 Å². The molecular formula is C14H25NO. The Balaban J connectivity index is 2.38. The molecule has 0 bridgehead atoms. The molecule has 0 spiro atoms. The van der Waals surface area contributed by atoms with Gasteiger partial charge >= 0.3 is 0 Å². The van der Waals surface area contributed by atoms with Gasteiger partial charge < -0.3 is 9.73 Å². The molecule has 1 atom stereocenters. The second-order valence-corrected chi connectivity index (χ2v) is 4.85. The minimum Gasteiger partial charge on any atom is -0.468 e. The number of furan rings is 1. The molecule has 1 heterocycles. The van der Waals surface area contributed by atoms with Crippen molar-refractivity contribution in [3.8, 4) is 0 Å². The van der Waals surface area contributed by atoms with E-state index in [1.165, 1.54) is 25.7 Å². The van der Waals surface area contributed by atoms with E-state index in [0.29, 0.717) is 6.04 Å². The molecule has 0 aromatic carbocycles. The Morgan fingerprint density at radius 1 is 1.31 bits per heavy atom. The molecular weight excluding hydrogens is 198 g/mol. The van der Waals surface area contributed by atoms with E-state index in [4.69, 9.17) is 4.42 Å². The normalized spacial score (nSPS) is 13.2. The van der Waals surface area contributed by atoms with Gasteiger partial charge in [-0.05, 0) is 37.4 Å². The SMILES string of the molecule is CCCNC(CCCC(C)C)c1ccco1. The molecule has 2 heteroatoms. The maximum absolute atomic E-state index is 5.49. The van der Waals surface area contributed by atoms with E-state index in [1.54, 1.807) is 6.26 Å². The second-order valence-electron chi connectivity index (χ2n) is 4.85. The fourth-order valence-corrected chi connectivity index (χ4v) is 1.88. The highest BCUT2D eigenvalue weighted by Crippen LogP contribution is 2.21. The van der Waals surface area contributed by atoms with Crippen molar-refractivity contribution in [3.05, 3.63) is 24.2 Å². The number of hydrogen-bond donors (Lipinski definition) is 1. The Bertz CT molecular complexity index is 254. The van der Waals surface area contributed by atoms with Gasteiger partial charge in [-0.3, -0.25) is 0 Å². The maximum atomic E-state index is 5.49. The van der Waals surface area contributed by atoms with E-state index in [2.05, 4.69) is 32.2 Å². The summed E-state index contributed by atoms with van der Waals surface area (Å²) >= 11 is 0. The van der Waals surface area contributed by atoms with Crippen LogP contribution in [0.1, 0.15) is 58.3 Å². The van der Waals surface area contributed by atoms with Crippen LogP contribution < -0.4 is 5.32 Å². The summed E-state index contributed by atoms with van der Waals surface area (Å²) in [6, 6.07) is 4.44. The topological polar surface area (TPSA) is 25.2 Å². The standard InChI is InChI=1S/C14H25NO/c1-4-10-15-13(8-5-7-12(2)3)14-9-6-11-16-14/h6,9,11-13,15H,4-5,7-8,10H2,1-3H3. The van der Waals surface area contributed by atoms with Crippen LogP contribution in [0.3, 0.4) is 0 Å². The van der Waals surface area contributed by atoms with Crippen LogP contribution in [0, 0.1) is 5.92 Å². The molecule has 1 N–H and O–H groups in total. The summed E-state index contributed by atoms with van der Waals surface area (Å²) in [5.74, 6) is 1.88. The van der Waals surface area contributed by atoms with Crippen LogP contribution in [-0.2, 0) is 0 Å². The van der Waals surface area contributed by atoms with E-state index in [0.717, 1.165) is 18.2 Å². The van der Waals surface area contributed by atoms with Crippen molar-refractivity contribution < 1.29 is 4.42 Å². The van der Waals surface area contributed by atoms with E-state index >= 15 is 0 Å². The molecule has 16 heavy (non-hydrogen) atoms. The fraction of sp³-hybridized carbons (Fsp3) is 0.714. The second kappa shape index (κ2) is 7.50. The van der Waals surface area contributed by atoms with E-state index in [-0.39, 0.29) is 0 Å². The monoisotopic (exact) mass is 223 g/mol. The Morgan fingerprint density at radius 3 is 2.69 bits per heavy atom. The lowest BCUT2D eigenvalue weighted by Gasteiger charge is -2.16. The molecule has 0 radical (unpaired) electrons. The molecule has 0 aliphatic heterocycles. The minimum absolute atomic E-state index is 0.397. The molecule has 1 rings (SSSR count). The van der Waals surface area contributed by atoms with Crippen LogP contribution in [0.25, 0.3) is 0 Å². The lowest BCUT2D eigenvalue weighted by Crippen LogP contribution is -2.21. The Labute approximate surface area is 99.4 Å². The maximum Gasteiger partial charge on any atom is 0.120 e. The summed E-state index contributed by atoms with van der Waals surface area (Å²) in [5, 5.41) is 3.55. The van der Waals surface area contributed by atoms with E-state index < -0.39 is 0 Å². The van der Waals surface area contributed by atoms with Crippen LogP contribution in [-0.4, -0.2) is 6.54 Å². The first-order valence-corrected chi connectivity index (χ1v) is 6.50. The molecule has 0 aliphatic carbocycles. The molecule has 0 aliphatic rings. The van der Waals surface area contributed by atoms with Gasteiger partial charge in [0.25, 0.3) is 0 Å². The minimum atomic E-state index is 0.397. The largest absolute Gasteiger partial charge is 0.468 e. The summed E-state index contributed by atoms with van der Waals surface area (Å²) in [7, 11) is 0. The Hall–Kier alpha value is -0.760. The number of rotatable bonds is 8. The third kappa shape index (κ3) is 4.84. The van der Waals surface area contributed by atoms with Gasteiger partial charge in [0.1, 0.15) is 5.76 Å². The zero-order valence-electron chi connectivity index (χ0n) is 10.8. The van der Waals surface area contributed by atoms with Gasteiger partial charge in [-0.1, -0.05) is 33.6 Å². The van der Waals surface area contributed by atoms with Gasteiger partial charge in [0, 0.05) is 0 Å². The smallest absolute Gasteiger partial charge is 0.120 e. The lowest BCUT2D eigenvalue weighted by molar-refractivity contribution is 0.377. The molecule has 0 saturated heterocycles. The van der Waals surface area contributed by atoms with Gasteiger partial charge in [-0.25, -0.2) is 0 Å². The van der Waals surface area contributed by atoms with Crippen molar-refractivity contribution in [3.63, 3.8) is 0 Å². The molecule has 1 unspecified atom stereocenters. The zero-order chi connectivity index (χ0) is 11.8.